The molecule has 1 saturated heterocycles. The molecule has 2 heteroatoms. The van der Waals surface area contributed by atoms with Gasteiger partial charge in [0.15, 0.2) is 0 Å². The highest BCUT2D eigenvalue weighted by molar-refractivity contribution is 4.82. The third-order valence-electron chi connectivity index (χ3n) is 3.36. The molecule has 0 aromatic rings. The van der Waals surface area contributed by atoms with Crippen LogP contribution >= 0.6 is 0 Å². The first kappa shape index (κ1) is 11.0. The Kier molecular flexibility index (Phi) is 4.74. The number of rotatable bonds is 4. The lowest BCUT2D eigenvalue weighted by molar-refractivity contribution is 0.0937. The van der Waals surface area contributed by atoms with Gasteiger partial charge >= 0.3 is 0 Å². The first-order valence-corrected chi connectivity index (χ1v) is 5.79. The van der Waals surface area contributed by atoms with Gasteiger partial charge in [0.25, 0.3) is 0 Å². The third kappa shape index (κ3) is 2.68. The quantitative estimate of drug-likeness (QED) is 0.724. The Bertz CT molecular complexity index is 125. The lowest BCUT2D eigenvalue weighted by Crippen LogP contribution is -2.49. The van der Waals surface area contributed by atoms with E-state index in [1.165, 1.54) is 38.6 Å². The maximum atomic E-state index is 5.80. The van der Waals surface area contributed by atoms with Gasteiger partial charge in [-0.1, -0.05) is 20.3 Å². The van der Waals surface area contributed by atoms with Crippen molar-refractivity contribution in [1.29, 1.82) is 0 Å². The topological polar surface area (TPSA) is 29.3 Å². The summed E-state index contributed by atoms with van der Waals surface area (Å²) in [4.78, 5) is 2.64. The van der Waals surface area contributed by atoms with E-state index in [2.05, 4.69) is 18.7 Å². The van der Waals surface area contributed by atoms with Crippen LogP contribution in [0.1, 0.15) is 46.0 Å². The van der Waals surface area contributed by atoms with E-state index in [9.17, 15) is 0 Å². The standard InChI is InChI=1S/C11H24N2/c1-3-10(4-2)13-8-6-5-7-11(13)9-12/h10-11H,3-9,12H2,1-2H3. The highest BCUT2D eigenvalue weighted by Crippen LogP contribution is 2.21. The average molecular weight is 184 g/mol. The van der Waals surface area contributed by atoms with Crippen LogP contribution in [0.15, 0.2) is 0 Å². The molecule has 0 aliphatic carbocycles. The molecular weight excluding hydrogens is 160 g/mol. The van der Waals surface area contributed by atoms with Gasteiger partial charge in [-0.25, -0.2) is 0 Å². The molecule has 1 unspecified atom stereocenters. The molecule has 2 N–H and O–H groups in total. The van der Waals surface area contributed by atoms with Crippen LogP contribution in [0.3, 0.4) is 0 Å². The van der Waals surface area contributed by atoms with Gasteiger partial charge in [-0.15, -0.1) is 0 Å². The van der Waals surface area contributed by atoms with Crippen molar-refractivity contribution < 1.29 is 0 Å². The summed E-state index contributed by atoms with van der Waals surface area (Å²) in [5.41, 5.74) is 5.80. The summed E-state index contributed by atoms with van der Waals surface area (Å²) in [6.07, 6.45) is 6.60. The summed E-state index contributed by atoms with van der Waals surface area (Å²) >= 11 is 0. The van der Waals surface area contributed by atoms with E-state index in [0.717, 1.165) is 12.6 Å². The van der Waals surface area contributed by atoms with Crippen molar-refractivity contribution >= 4 is 0 Å². The zero-order valence-corrected chi connectivity index (χ0v) is 9.13. The number of hydrogen-bond acceptors (Lipinski definition) is 2. The van der Waals surface area contributed by atoms with E-state index in [0.29, 0.717) is 6.04 Å². The second-order valence-electron chi connectivity index (χ2n) is 4.09. The van der Waals surface area contributed by atoms with Crippen molar-refractivity contribution in [2.24, 2.45) is 5.73 Å². The van der Waals surface area contributed by atoms with E-state index in [1.54, 1.807) is 0 Å². The minimum absolute atomic E-state index is 0.665. The van der Waals surface area contributed by atoms with E-state index >= 15 is 0 Å². The van der Waals surface area contributed by atoms with Crippen molar-refractivity contribution in [3.05, 3.63) is 0 Å². The minimum Gasteiger partial charge on any atom is -0.329 e. The monoisotopic (exact) mass is 184 g/mol. The van der Waals surface area contributed by atoms with Gasteiger partial charge in [0.2, 0.25) is 0 Å². The van der Waals surface area contributed by atoms with Crippen LogP contribution in [0.4, 0.5) is 0 Å². The summed E-state index contributed by atoms with van der Waals surface area (Å²) in [7, 11) is 0. The molecule has 1 heterocycles. The summed E-state index contributed by atoms with van der Waals surface area (Å²) < 4.78 is 0. The molecule has 0 aromatic carbocycles. The Morgan fingerprint density at radius 3 is 2.54 bits per heavy atom. The number of nitrogens with zero attached hydrogens (tertiary/aromatic N) is 1. The fourth-order valence-corrected chi connectivity index (χ4v) is 2.51. The van der Waals surface area contributed by atoms with Gasteiger partial charge in [-0.3, -0.25) is 4.90 Å². The van der Waals surface area contributed by atoms with Gasteiger partial charge in [-0.05, 0) is 32.2 Å². The average Bonchev–Trinajstić information content (AvgIpc) is 2.20. The van der Waals surface area contributed by atoms with Crippen molar-refractivity contribution in [2.75, 3.05) is 13.1 Å². The molecule has 78 valence electrons. The predicted octanol–water partition coefficient (Wildman–Crippen LogP) is 1.99. The fraction of sp³-hybridized carbons (Fsp3) is 1.00. The molecule has 1 aliphatic heterocycles. The van der Waals surface area contributed by atoms with Gasteiger partial charge in [0.05, 0.1) is 0 Å². The molecule has 13 heavy (non-hydrogen) atoms. The lowest BCUT2D eigenvalue weighted by atomic mass is 9.98. The highest BCUT2D eigenvalue weighted by atomic mass is 15.2. The van der Waals surface area contributed by atoms with E-state index < -0.39 is 0 Å². The van der Waals surface area contributed by atoms with Crippen LogP contribution < -0.4 is 5.73 Å². The summed E-state index contributed by atoms with van der Waals surface area (Å²) in [5, 5.41) is 0. The number of piperidine rings is 1. The zero-order chi connectivity index (χ0) is 9.68. The molecule has 0 bridgehead atoms. The molecule has 1 atom stereocenters. The van der Waals surface area contributed by atoms with Crippen LogP contribution in [0.2, 0.25) is 0 Å². The number of likely N-dealkylation sites (tertiary alicyclic amines) is 1. The van der Waals surface area contributed by atoms with Crippen molar-refractivity contribution in [3.63, 3.8) is 0 Å². The predicted molar refractivity (Wildman–Crippen MR) is 57.8 cm³/mol. The Morgan fingerprint density at radius 2 is 2.00 bits per heavy atom. The maximum absolute atomic E-state index is 5.80. The first-order chi connectivity index (χ1) is 6.33. The molecule has 0 radical (unpaired) electrons. The second kappa shape index (κ2) is 5.61. The first-order valence-electron chi connectivity index (χ1n) is 5.79. The van der Waals surface area contributed by atoms with Gasteiger partial charge in [0, 0.05) is 18.6 Å². The van der Waals surface area contributed by atoms with Crippen molar-refractivity contribution in [3.8, 4) is 0 Å². The highest BCUT2D eigenvalue weighted by Gasteiger charge is 2.25. The minimum atomic E-state index is 0.665. The molecule has 0 amide bonds. The SMILES string of the molecule is CCC(CC)N1CCCCC1CN. The molecule has 1 aliphatic rings. The Morgan fingerprint density at radius 1 is 1.31 bits per heavy atom. The molecular formula is C11H24N2. The molecule has 2 nitrogen and oxygen atoms in total. The Balaban J connectivity index is 2.51. The number of nitrogens with two attached hydrogens (primary N) is 1. The zero-order valence-electron chi connectivity index (χ0n) is 9.13. The molecule has 1 rings (SSSR count). The molecule has 0 spiro atoms. The van der Waals surface area contributed by atoms with Gasteiger partial charge < -0.3 is 5.73 Å². The summed E-state index contributed by atoms with van der Waals surface area (Å²) in [6, 6.07) is 1.44. The lowest BCUT2D eigenvalue weighted by Gasteiger charge is -2.40. The van der Waals surface area contributed by atoms with Crippen LogP contribution in [0.5, 0.6) is 0 Å². The largest absolute Gasteiger partial charge is 0.329 e. The van der Waals surface area contributed by atoms with Gasteiger partial charge in [0.1, 0.15) is 0 Å². The maximum Gasteiger partial charge on any atom is 0.0221 e. The molecule has 0 saturated carbocycles. The normalized spacial score (nSPS) is 25.4. The third-order valence-corrected chi connectivity index (χ3v) is 3.36. The van der Waals surface area contributed by atoms with E-state index in [4.69, 9.17) is 5.73 Å². The number of hydrogen-bond donors (Lipinski definition) is 1. The van der Waals surface area contributed by atoms with Gasteiger partial charge in [-0.2, -0.15) is 0 Å². The fourth-order valence-electron chi connectivity index (χ4n) is 2.51. The van der Waals surface area contributed by atoms with Crippen molar-refractivity contribution in [2.45, 2.75) is 58.0 Å². The second-order valence-corrected chi connectivity index (χ2v) is 4.09. The van der Waals surface area contributed by atoms with Crippen LogP contribution in [-0.4, -0.2) is 30.1 Å². The Labute approximate surface area is 82.5 Å². The van der Waals surface area contributed by atoms with Crippen LogP contribution in [0.25, 0.3) is 0 Å². The van der Waals surface area contributed by atoms with Crippen LogP contribution in [0, 0.1) is 0 Å². The van der Waals surface area contributed by atoms with E-state index in [-0.39, 0.29) is 0 Å². The Hall–Kier alpha value is -0.0800. The van der Waals surface area contributed by atoms with Crippen molar-refractivity contribution in [1.82, 2.24) is 4.90 Å². The molecule has 0 aromatic heterocycles. The van der Waals surface area contributed by atoms with Crippen LogP contribution in [-0.2, 0) is 0 Å². The summed E-state index contributed by atoms with van der Waals surface area (Å²) in [6.45, 7) is 6.69. The van der Waals surface area contributed by atoms with E-state index in [1.807, 2.05) is 0 Å². The summed E-state index contributed by atoms with van der Waals surface area (Å²) in [5.74, 6) is 0. The molecule has 1 fully saturated rings. The smallest absolute Gasteiger partial charge is 0.0221 e.